The summed E-state index contributed by atoms with van der Waals surface area (Å²) in [7, 11) is 0. The van der Waals surface area contributed by atoms with Crippen LogP contribution in [0.2, 0.25) is 0 Å². The Labute approximate surface area is 133 Å². The molecule has 2 saturated heterocycles. The van der Waals surface area contributed by atoms with E-state index in [0.717, 1.165) is 32.5 Å². The first kappa shape index (κ1) is 15.0. The average Bonchev–Trinajstić information content (AvgIpc) is 3.00. The van der Waals surface area contributed by atoms with Gasteiger partial charge in [-0.15, -0.1) is 0 Å². The van der Waals surface area contributed by atoms with Gasteiger partial charge in [0.15, 0.2) is 0 Å². The number of benzene rings is 1. The highest BCUT2D eigenvalue weighted by molar-refractivity contribution is 9.10. The molecular formula is C16H20BrFN2O. The van der Waals surface area contributed by atoms with Gasteiger partial charge in [-0.1, -0.05) is 15.9 Å². The summed E-state index contributed by atoms with van der Waals surface area (Å²) in [6, 6.07) is 5.01. The number of piperidine rings is 1. The fourth-order valence-electron chi connectivity index (χ4n) is 3.48. The van der Waals surface area contributed by atoms with Crippen LogP contribution in [-0.2, 0) is 0 Å². The maximum Gasteiger partial charge on any atom is 0.253 e. The van der Waals surface area contributed by atoms with Crippen molar-refractivity contribution < 1.29 is 9.18 Å². The lowest BCUT2D eigenvalue weighted by Gasteiger charge is -2.35. The summed E-state index contributed by atoms with van der Waals surface area (Å²) in [5, 5.41) is 3.56. The molecule has 0 aliphatic carbocycles. The van der Waals surface area contributed by atoms with Crippen molar-refractivity contribution in [1.82, 2.24) is 10.2 Å². The number of carbonyl (C=O) groups excluding carboxylic acids is 1. The van der Waals surface area contributed by atoms with Gasteiger partial charge in [0.05, 0.1) is 0 Å². The summed E-state index contributed by atoms with van der Waals surface area (Å²) >= 11 is 3.24. The lowest BCUT2D eigenvalue weighted by atomic mass is 9.88. The first-order valence-electron chi connectivity index (χ1n) is 7.62. The van der Waals surface area contributed by atoms with Gasteiger partial charge in [-0.2, -0.15) is 0 Å². The van der Waals surface area contributed by atoms with Gasteiger partial charge in [-0.3, -0.25) is 4.79 Å². The van der Waals surface area contributed by atoms with Crippen LogP contribution in [0.3, 0.4) is 0 Å². The van der Waals surface area contributed by atoms with Crippen LogP contribution in [0.4, 0.5) is 4.39 Å². The fourth-order valence-corrected chi connectivity index (χ4v) is 3.94. The molecule has 1 N–H and O–H groups in total. The Morgan fingerprint density at radius 2 is 2.00 bits per heavy atom. The number of rotatable bonds is 2. The van der Waals surface area contributed by atoms with E-state index in [1.807, 2.05) is 4.90 Å². The molecule has 3 rings (SSSR count). The Morgan fingerprint density at radius 3 is 2.62 bits per heavy atom. The molecule has 2 heterocycles. The summed E-state index contributed by atoms with van der Waals surface area (Å²) in [6.45, 7) is 2.67. The Balaban J connectivity index is 1.62. The zero-order valence-electron chi connectivity index (χ0n) is 11.9. The molecule has 2 aliphatic heterocycles. The normalized spacial score (nSPS) is 23.5. The molecule has 1 unspecified atom stereocenters. The SMILES string of the molecule is O=C(c1cc(F)cc(Br)c1)N1CCC(C2CCCN2)CC1. The molecule has 0 radical (unpaired) electrons. The van der Waals surface area contributed by atoms with E-state index in [4.69, 9.17) is 0 Å². The molecule has 1 aromatic carbocycles. The number of hydrogen-bond acceptors (Lipinski definition) is 2. The average molecular weight is 355 g/mol. The largest absolute Gasteiger partial charge is 0.339 e. The zero-order valence-corrected chi connectivity index (χ0v) is 13.5. The van der Waals surface area contributed by atoms with E-state index < -0.39 is 0 Å². The number of halogens is 2. The second kappa shape index (κ2) is 6.44. The number of nitrogens with one attached hydrogen (secondary N) is 1. The minimum atomic E-state index is -0.377. The lowest BCUT2D eigenvalue weighted by molar-refractivity contribution is 0.0674. The molecule has 0 spiro atoms. The maximum atomic E-state index is 13.4. The highest BCUT2D eigenvalue weighted by Gasteiger charge is 2.30. The molecule has 3 nitrogen and oxygen atoms in total. The molecular weight excluding hydrogens is 335 g/mol. The van der Waals surface area contributed by atoms with Crippen molar-refractivity contribution in [2.24, 2.45) is 5.92 Å². The first-order chi connectivity index (χ1) is 10.1. The summed E-state index contributed by atoms with van der Waals surface area (Å²) in [5.41, 5.74) is 0.430. The quantitative estimate of drug-likeness (QED) is 0.884. The summed E-state index contributed by atoms with van der Waals surface area (Å²) < 4.78 is 14.0. The van der Waals surface area contributed by atoms with Crippen molar-refractivity contribution in [3.63, 3.8) is 0 Å². The van der Waals surface area contributed by atoms with Gasteiger partial charge >= 0.3 is 0 Å². The van der Waals surface area contributed by atoms with E-state index in [9.17, 15) is 9.18 Å². The Morgan fingerprint density at radius 1 is 1.24 bits per heavy atom. The van der Waals surface area contributed by atoms with Crippen molar-refractivity contribution in [2.45, 2.75) is 31.7 Å². The van der Waals surface area contributed by atoms with Crippen LogP contribution in [0.1, 0.15) is 36.0 Å². The van der Waals surface area contributed by atoms with Gasteiger partial charge in [-0.05, 0) is 56.3 Å². The van der Waals surface area contributed by atoms with Gasteiger partial charge in [0, 0.05) is 29.2 Å². The number of carbonyl (C=O) groups is 1. The number of hydrogen-bond donors (Lipinski definition) is 1. The highest BCUT2D eigenvalue weighted by atomic mass is 79.9. The number of likely N-dealkylation sites (tertiary alicyclic amines) is 1. The van der Waals surface area contributed by atoms with Crippen molar-refractivity contribution in [3.05, 3.63) is 34.1 Å². The Hall–Kier alpha value is -0.940. The van der Waals surface area contributed by atoms with Crippen molar-refractivity contribution in [2.75, 3.05) is 19.6 Å². The minimum Gasteiger partial charge on any atom is -0.339 e. The van der Waals surface area contributed by atoms with Crippen LogP contribution in [-0.4, -0.2) is 36.5 Å². The predicted molar refractivity (Wildman–Crippen MR) is 83.8 cm³/mol. The predicted octanol–water partition coefficient (Wildman–Crippen LogP) is 3.19. The smallest absolute Gasteiger partial charge is 0.253 e. The van der Waals surface area contributed by atoms with Crippen molar-refractivity contribution in [3.8, 4) is 0 Å². The molecule has 1 atom stereocenters. The molecule has 1 aromatic rings. The monoisotopic (exact) mass is 354 g/mol. The first-order valence-corrected chi connectivity index (χ1v) is 8.41. The molecule has 2 fully saturated rings. The molecule has 0 aromatic heterocycles. The minimum absolute atomic E-state index is 0.0620. The Bertz CT molecular complexity index is 503. The van der Waals surface area contributed by atoms with Crippen molar-refractivity contribution in [1.29, 1.82) is 0 Å². The maximum absolute atomic E-state index is 13.4. The third-order valence-electron chi connectivity index (χ3n) is 4.60. The van der Waals surface area contributed by atoms with Gasteiger partial charge < -0.3 is 10.2 Å². The number of nitrogens with zero attached hydrogens (tertiary/aromatic N) is 1. The van der Waals surface area contributed by atoms with E-state index >= 15 is 0 Å². The summed E-state index contributed by atoms with van der Waals surface area (Å²) in [6.07, 6.45) is 4.61. The summed E-state index contributed by atoms with van der Waals surface area (Å²) in [4.78, 5) is 14.3. The molecule has 5 heteroatoms. The standard InChI is InChI=1S/C16H20BrFN2O/c17-13-8-12(9-14(18)10-13)16(21)20-6-3-11(4-7-20)15-2-1-5-19-15/h8-11,15,19H,1-7H2. The molecule has 114 valence electrons. The number of amides is 1. The van der Waals surface area contributed by atoms with E-state index in [0.29, 0.717) is 22.0 Å². The molecule has 21 heavy (non-hydrogen) atoms. The van der Waals surface area contributed by atoms with E-state index in [2.05, 4.69) is 21.2 Å². The van der Waals surface area contributed by atoms with Crippen LogP contribution in [0.15, 0.2) is 22.7 Å². The van der Waals surface area contributed by atoms with Gasteiger partial charge in [0.25, 0.3) is 5.91 Å². The van der Waals surface area contributed by atoms with E-state index in [-0.39, 0.29) is 11.7 Å². The van der Waals surface area contributed by atoms with Gasteiger partial charge in [0.2, 0.25) is 0 Å². The lowest BCUT2D eigenvalue weighted by Crippen LogP contribution is -2.43. The van der Waals surface area contributed by atoms with Gasteiger partial charge in [-0.25, -0.2) is 4.39 Å². The second-order valence-corrected chi connectivity index (χ2v) is 6.91. The van der Waals surface area contributed by atoms with Gasteiger partial charge in [0.1, 0.15) is 5.82 Å². The molecule has 1 amide bonds. The second-order valence-electron chi connectivity index (χ2n) is 5.99. The molecule has 2 aliphatic rings. The third kappa shape index (κ3) is 3.46. The van der Waals surface area contributed by atoms with Crippen LogP contribution < -0.4 is 5.32 Å². The fraction of sp³-hybridized carbons (Fsp3) is 0.562. The zero-order chi connectivity index (χ0) is 14.8. The third-order valence-corrected chi connectivity index (χ3v) is 5.06. The topological polar surface area (TPSA) is 32.3 Å². The van der Waals surface area contributed by atoms with Crippen LogP contribution >= 0.6 is 15.9 Å². The van der Waals surface area contributed by atoms with Crippen molar-refractivity contribution >= 4 is 21.8 Å². The molecule has 0 bridgehead atoms. The van der Waals surface area contributed by atoms with Crippen LogP contribution in [0, 0.1) is 11.7 Å². The Kier molecular flexibility index (Phi) is 4.60. The van der Waals surface area contributed by atoms with E-state index in [1.165, 1.54) is 25.0 Å². The molecule has 0 saturated carbocycles. The van der Waals surface area contributed by atoms with E-state index in [1.54, 1.807) is 6.07 Å². The highest BCUT2D eigenvalue weighted by Crippen LogP contribution is 2.26. The van der Waals surface area contributed by atoms with Crippen LogP contribution in [0.5, 0.6) is 0 Å². The summed E-state index contributed by atoms with van der Waals surface area (Å²) in [5.74, 6) is 0.238. The van der Waals surface area contributed by atoms with Crippen LogP contribution in [0.25, 0.3) is 0 Å².